The molecule has 0 radical (unpaired) electrons. The zero-order valence-corrected chi connectivity index (χ0v) is 16.4. The Kier molecular flexibility index (Phi) is 5.77. The van der Waals surface area contributed by atoms with Gasteiger partial charge in [0.2, 0.25) is 0 Å². The van der Waals surface area contributed by atoms with Gasteiger partial charge in [-0.25, -0.2) is 0 Å². The lowest BCUT2D eigenvalue weighted by Gasteiger charge is -2.26. The summed E-state index contributed by atoms with van der Waals surface area (Å²) in [5.41, 5.74) is 3.06. The van der Waals surface area contributed by atoms with Crippen molar-refractivity contribution >= 4 is 22.4 Å². The smallest absolute Gasteiger partial charge is 0.251 e. The summed E-state index contributed by atoms with van der Waals surface area (Å²) in [5.74, 6) is -0.0384. The molecule has 0 aliphatic carbocycles. The Morgan fingerprint density at radius 1 is 0.889 bits per heavy atom. The molecule has 0 aliphatic rings. The highest BCUT2D eigenvalue weighted by Crippen LogP contribution is 2.22. The van der Waals surface area contributed by atoms with Gasteiger partial charge < -0.3 is 15.1 Å². The third-order valence-corrected chi connectivity index (χ3v) is 4.91. The van der Waals surface area contributed by atoms with Crippen molar-refractivity contribution in [2.75, 3.05) is 39.6 Å². The molecule has 27 heavy (non-hydrogen) atoms. The van der Waals surface area contributed by atoms with Crippen molar-refractivity contribution < 1.29 is 4.79 Å². The molecule has 3 aromatic carbocycles. The van der Waals surface area contributed by atoms with Crippen LogP contribution in [0.25, 0.3) is 10.8 Å². The van der Waals surface area contributed by atoms with Gasteiger partial charge in [0.05, 0.1) is 6.04 Å². The van der Waals surface area contributed by atoms with Crippen LogP contribution in [0.2, 0.25) is 0 Å². The normalized spacial score (nSPS) is 12.2. The quantitative estimate of drug-likeness (QED) is 0.722. The topological polar surface area (TPSA) is 35.6 Å². The van der Waals surface area contributed by atoms with E-state index in [9.17, 15) is 4.79 Å². The number of amides is 1. The van der Waals surface area contributed by atoms with Crippen LogP contribution in [-0.4, -0.2) is 45.5 Å². The second kappa shape index (κ2) is 8.23. The SMILES string of the molecule is CN(C)c1ccc([C@H](CNC(=O)c2cccc3ccccc23)N(C)C)cc1. The maximum Gasteiger partial charge on any atom is 0.251 e. The van der Waals surface area contributed by atoms with Gasteiger partial charge >= 0.3 is 0 Å². The lowest BCUT2D eigenvalue weighted by atomic mass is 10.0. The van der Waals surface area contributed by atoms with Gasteiger partial charge in [0.25, 0.3) is 5.91 Å². The number of hydrogen-bond acceptors (Lipinski definition) is 3. The lowest BCUT2D eigenvalue weighted by Crippen LogP contribution is -2.34. The number of rotatable bonds is 6. The van der Waals surface area contributed by atoms with E-state index in [1.165, 1.54) is 5.56 Å². The standard InChI is InChI=1S/C23H27N3O/c1-25(2)19-14-12-18(13-15-19)22(26(3)4)16-24-23(27)21-11-7-9-17-8-5-6-10-20(17)21/h5-15,22H,16H2,1-4H3,(H,24,27)/t22-/m0/s1. The summed E-state index contributed by atoms with van der Waals surface area (Å²) >= 11 is 0. The Bertz CT molecular complexity index is 911. The summed E-state index contributed by atoms with van der Waals surface area (Å²) in [5, 5.41) is 5.18. The van der Waals surface area contributed by atoms with Gasteiger partial charge in [-0.2, -0.15) is 0 Å². The van der Waals surface area contributed by atoms with E-state index in [1.54, 1.807) is 0 Å². The van der Waals surface area contributed by atoms with Gasteiger partial charge in [-0.15, -0.1) is 0 Å². The molecule has 0 fully saturated rings. The zero-order chi connectivity index (χ0) is 19.4. The second-order valence-electron chi connectivity index (χ2n) is 7.20. The summed E-state index contributed by atoms with van der Waals surface area (Å²) in [6.45, 7) is 0.552. The summed E-state index contributed by atoms with van der Waals surface area (Å²) in [6, 6.07) is 22.4. The van der Waals surface area contributed by atoms with Gasteiger partial charge in [0, 0.05) is 31.9 Å². The summed E-state index contributed by atoms with van der Waals surface area (Å²) in [6.07, 6.45) is 0. The third kappa shape index (κ3) is 4.29. The van der Waals surface area contributed by atoms with E-state index in [4.69, 9.17) is 0 Å². The minimum Gasteiger partial charge on any atom is -0.378 e. The van der Waals surface area contributed by atoms with Crippen LogP contribution >= 0.6 is 0 Å². The van der Waals surface area contributed by atoms with Crippen molar-refractivity contribution in [2.45, 2.75) is 6.04 Å². The largest absolute Gasteiger partial charge is 0.378 e. The van der Waals surface area contributed by atoms with Gasteiger partial charge in [0.15, 0.2) is 0 Å². The molecule has 4 heteroatoms. The van der Waals surface area contributed by atoms with E-state index >= 15 is 0 Å². The first kappa shape index (κ1) is 18.9. The fourth-order valence-corrected chi connectivity index (χ4v) is 3.30. The van der Waals surface area contributed by atoms with Crippen LogP contribution in [0.15, 0.2) is 66.7 Å². The predicted octanol–water partition coefficient (Wildman–Crippen LogP) is 3.94. The van der Waals surface area contributed by atoms with Gasteiger partial charge in [-0.05, 0) is 48.6 Å². The number of carbonyl (C=O) groups excluding carboxylic acids is 1. The number of likely N-dealkylation sites (N-methyl/N-ethyl adjacent to an activating group) is 1. The molecular weight excluding hydrogens is 334 g/mol. The fourth-order valence-electron chi connectivity index (χ4n) is 3.30. The van der Waals surface area contributed by atoms with E-state index in [0.29, 0.717) is 12.1 Å². The van der Waals surface area contributed by atoms with Crippen LogP contribution in [0.1, 0.15) is 22.0 Å². The molecule has 0 saturated heterocycles. The molecule has 1 atom stereocenters. The average Bonchev–Trinajstić information content (AvgIpc) is 2.67. The van der Waals surface area contributed by atoms with Crippen molar-refractivity contribution in [2.24, 2.45) is 0 Å². The van der Waals surface area contributed by atoms with Gasteiger partial charge in [0.1, 0.15) is 0 Å². The van der Waals surface area contributed by atoms with Crippen molar-refractivity contribution in [1.29, 1.82) is 0 Å². The number of carbonyl (C=O) groups is 1. The number of hydrogen-bond donors (Lipinski definition) is 1. The van der Waals surface area contributed by atoms with Crippen molar-refractivity contribution in [3.63, 3.8) is 0 Å². The first-order chi connectivity index (χ1) is 13.0. The Labute approximate surface area is 161 Å². The number of anilines is 1. The highest BCUT2D eigenvalue weighted by atomic mass is 16.1. The maximum absolute atomic E-state index is 12.8. The highest BCUT2D eigenvalue weighted by Gasteiger charge is 2.17. The van der Waals surface area contributed by atoms with E-state index < -0.39 is 0 Å². The van der Waals surface area contributed by atoms with Crippen LogP contribution < -0.4 is 10.2 Å². The zero-order valence-electron chi connectivity index (χ0n) is 16.4. The van der Waals surface area contributed by atoms with Crippen LogP contribution in [-0.2, 0) is 0 Å². The van der Waals surface area contributed by atoms with E-state index in [1.807, 2.05) is 70.7 Å². The molecule has 3 rings (SSSR count). The monoisotopic (exact) mass is 361 g/mol. The van der Waals surface area contributed by atoms with Crippen LogP contribution in [0.4, 0.5) is 5.69 Å². The molecule has 0 aromatic heterocycles. The van der Waals surface area contributed by atoms with Gasteiger partial charge in [-0.3, -0.25) is 4.79 Å². The van der Waals surface area contributed by atoms with Crippen LogP contribution in [0.3, 0.4) is 0 Å². The molecule has 0 spiro atoms. The fraction of sp³-hybridized carbons (Fsp3) is 0.261. The number of benzene rings is 3. The predicted molar refractivity (Wildman–Crippen MR) is 113 cm³/mol. The summed E-state index contributed by atoms with van der Waals surface area (Å²) in [7, 11) is 8.13. The first-order valence-corrected chi connectivity index (χ1v) is 9.17. The average molecular weight is 361 g/mol. The molecule has 1 N–H and O–H groups in total. The van der Waals surface area contributed by atoms with E-state index in [2.05, 4.69) is 39.4 Å². The minimum absolute atomic E-state index is 0.0384. The Morgan fingerprint density at radius 3 is 2.22 bits per heavy atom. The molecule has 4 nitrogen and oxygen atoms in total. The molecule has 0 saturated carbocycles. The Balaban J connectivity index is 1.76. The van der Waals surface area contributed by atoms with E-state index in [-0.39, 0.29) is 11.9 Å². The third-order valence-electron chi connectivity index (χ3n) is 4.91. The molecule has 0 unspecified atom stereocenters. The molecule has 1 amide bonds. The first-order valence-electron chi connectivity index (χ1n) is 9.17. The Morgan fingerprint density at radius 2 is 1.56 bits per heavy atom. The number of nitrogens with one attached hydrogen (secondary N) is 1. The van der Waals surface area contributed by atoms with Crippen molar-refractivity contribution in [1.82, 2.24) is 10.2 Å². The van der Waals surface area contributed by atoms with Crippen LogP contribution in [0, 0.1) is 0 Å². The molecule has 0 heterocycles. The van der Waals surface area contributed by atoms with E-state index in [0.717, 1.165) is 16.5 Å². The minimum atomic E-state index is -0.0384. The molecule has 3 aromatic rings. The molecule has 0 aliphatic heterocycles. The molecular formula is C23H27N3O. The summed E-state index contributed by atoms with van der Waals surface area (Å²) in [4.78, 5) is 17.0. The van der Waals surface area contributed by atoms with Gasteiger partial charge in [-0.1, -0.05) is 48.5 Å². The van der Waals surface area contributed by atoms with Crippen molar-refractivity contribution in [3.05, 3.63) is 77.9 Å². The lowest BCUT2D eigenvalue weighted by molar-refractivity contribution is 0.0943. The van der Waals surface area contributed by atoms with Crippen LogP contribution in [0.5, 0.6) is 0 Å². The number of nitrogens with zero attached hydrogens (tertiary/aromatic N) is 2. The van der Waals surface area contributed by atoms with Crippen molar-refractivity contribution in [3.8, 4) is 0 Å². The summed E-state index contributed by atoms with van der Waals surface area (Å²) < 4.78 is 0. The molecule has 0 bridgehead atoms. The Hall–Kier alpha value is -2.85. The number of fused-ring (bicyclic) bond motifs is 1. The maximum atomic E-state index is 12.8. The molecule has 140 valence electrons. The highest BCUT2D eigenvalue weighted by molar-refractivity contribution is 6.07. The second-order valence-corrected chi connectivity index (χ2v) is 7.20.